The van der Waals surface area contributed by atoms with E-state index in [4.69, 9.17) is 4.42 Å². The Bertz CT molecular complexity index is 699. The molecule has 0 spiro atoms. The van der Waals surface area contributed by atoms with Crippen molar-refractivity contribution in [3.05, 3.63) is 35.9 Å². The summed E-state index contributed by atoms with van der Waals surface area (Å²) in [4.78, 5) is 18.1. The lowest BCUT2D eigenvalue weighted by Crippen LogP contribution is -2.29. The summed E-state index contributed by atoms with van der Waals surface area (Å²) in [5, 5.41) is 0. The molecule has 4 heterocycles. The van der Waals surface area contributed by atoms with E-state index in [1.165, 1.54) is 0 Å². The summed E-state index contributed by atoms with van der Waals surface area (Å²) >= 11 is 0. The third-order valence-electron chi connectivity index (χ3n) is 5.18. The molecule has 0 aliphatic carbocycles. The van der Waals surface area contributed by atoms with Crippen molar-refractivity contribution in [2.45, 2.75) is 33.2 Å². The fourth-order valence-electron chi connectivity index (χ4n) is 3.92. The Balaban J connectivity index is 1.38. The summed E-state index contributed by atoms with van der Waals surface area (Å²) in [5.41, 5.74) is 1.12. The van der Waals surface area contributed by atoms with Gasteiger partial charge in [0.05, 0.1) is 12.7 Å². The highest BCUT2D eigenvalue weighted by Crippen LogP contribution is 2.34. The van der Waals surface area contributed by atoms with Gasteiger partial charge in [0.25, 0.3) is 0 Å². The average molecular weight is 327 g/mol. The molecule has 128 valence electrons. The molecule has 0 saturated carbocycles. The van der Waals surface area contributed by atoms with Crippen LogP contribution in [0.15, 0.2) is 23.0 Å². The normalized spacial score (nSPS) is 24.1. The molecule has 0 amide bonds. The maximum absolute atomic E-state index is 5.61. The molecule has 2 aromatic rings. The molecule has 6 nitrogen and oxygen atoms in total. The monoisotopic (exact) mass is 327 g/mol. The molecule has 2 saturated heterocycles. The van der Waals surface area contributed by atoms with E-state index in [0.29, 0.717) is 17.8 Å². The van der Waals surface area contributed by atoms with Crippen molar-refractivity contribution >= 4 is 5.82 Å². The first-order valence-electron chi connectivity index (χ1n) is 8.79. The van der Waals surface area contributed by atoms with Crippen molar-refractivity contribution in [2.75, 3.05) is 31.1 Å². The summed E-state index contributed by atoms with van der Waals surface area (Å²) in [6, 6.07) is 2.15. The van der Waals surface area contributed by atoms with Gasteiger partial charge in [-0.1, -0.05) is 13.8 Å². The number of oxazole rings is 1. The third kappa shape index (κ3) is 3.02. The van der Waals surface area contributed by atoms with E-state index in [-0.39, 0.29) is 0 Å². The number of hydrogen-bond donors (Lipinski definition) is 0. The Morgan fingerprint density at radius 1 is 1.12 bits per heavy atom. The molecule has 0 bridgehead atoms. The van der Waals surface area contributed by atoms with Crippen LogP contribution in [0.5, 0.6) is 0 Å². The molecule has 2 fully saturated rings. The van der Waals surface area contributed by atoms with Gasteiger partial charge in [0.2, 0.25) is 5.89 Å². The van der Waals surface area contributed by atoms with Crippen LogP contribution >= 0.6 is 0 Å². The second-order valence-corrected chi connectivity index (χ2v) is 7.44. The number of aromatic nitrogens is 3. The highest BCUT2D eigenvalue weighted by Gasteiger charge is 2.40. The van der Waals surface area contributed by atoms with Gasteiger partial charge in [0, 0.05) is 37.9 Å². The number of aryl methyl sites for hydroxylation is 1. The molecule has 2 aromatic heterocycles. The van der Waals surface area contributed by atoms with E-state index in [1.807, 2.05) is 6.92 Å². The summed E-state index contributed by atoms with van der Waals surface area (Å²) in [6.07, 6.45) is 3.51. The molecular weight excluding hydrogens is 302 g/mol. The van der Waals surface area contributed by atoms with E-state index < -0.39 is 0 Å². The minimum Gasteiger partial charge on any atom is -0.445 e. The van der Waals surface area contributed by atoms with Crippen LogP contribution in [0.25, 0.3) is 0 Å². The minimum absolute atomic E-state index is 0.439. The summed E-state index contributed by atoms with van der Waals surface area (Å²) in [7, 11) is 0. The van der Waals surface area contributed by atoms with Gasteiger partial charge in [0.15, 0.2) is 0 Å². The maximum Gasteiger partial charge on any atom is 0.208 e. The van der Waals surface area contributed by atoms with Crippen LogP contribution in [-0.4, -0.2) is 46.0 Å². The second kappa shape index (κ2) is 6.16. The van der Waals surface area contributed by atoms with Crippen molar-refractivity contribution in [3.8, 4) is 0 Å². The minimum atomic E-state index is 0.439. The van der Waals surface area contributed by atoms with Crippen LogP contribution in [0.4, 0.5) is 5.82 Å². The Morgan fingerprint density at radius 3 is 2.50 bits per heavy atom. The van der Waals surface area contributed by atoms with Gasteiger partial charge in [-0.15, -0.1) is 0 Å². The first-order chi connectivity index (χ1) is 11.6. The van der Waals surface area contributed by atoms with E-state index in [1.54, 1.807) is 12.5 Å². The lowest BCUT2D eigenvalue weighted by atomic mass is 10.0. The van der Waals surface area contributed by atoms with Crippen molar-refractivity contribution in [1.29, 1.82) is 0 Å². The smallest absolute Gasteiger partial charge is 0.208 e. The van der Waals surface area contributed by atoms with Gasteiger partial charge in [0.1, 0.15) is 17.9 Å². The van der Waals surface area contributed by atoms with E-state index in [0.717, 1.165) is 55.9 Å². The number of likely N-dealkylation sites (tertiary alicyclic amines) is 1. The van der Waals surface area contributed by atoms with Crippen LogP contribution in [0.2, 0.25) is 0 Å². The molecule has 0 aromatic carbocycles. The SMILES string of the molecule is Cc1cnc(CN2CC3CN(c4cc(C(C)C)ncn4)CC3C2)o1. The van der Waals surface area contributed by atoms with E-state index in [2.05, 4.69) is 44.7 Å². The number of rotatable bonds is 4. The first-order valence-corrected chi connectivity index (χ1v) is 8.79. The first kappa shape index (κ1) is 15.6. The number of anilines is 1. The molecule has 4 rings (SSSR count). The van der Waals surface area contributed by atoms with Gasteiger partial charge >= 0.3 is 0 Å². The molecule has 2 aliphatic heterocycles. The van der Waals surface area contributed by atoms with Gasteiger partial charge in [-0.2, -0.15) is 0 Å². The number of nitrogens with zero attached hydrogens (tertiary/aromatic N) is 5. The zero-order valence-corrected chi connectivity index (χ0v) is 14.6. The number of hydrogen-bond acceptors (Lipinski definition) is 6. The van der Waals surface area contributed by atoms with Crippen molar-refractivity contribution < 1.29 is 4.42 Å². The van der Waals surface area contributed by atoms with Gasteiger partial charge in [-0.05, 0) is 24.7 Å². The Labute approximate surface area is 142 Å². The molecule has 0 radical (unpaired) electrons. The van der Waals surface area contributed by atoms with Gasteiger partial charge < -0.3 is 9.32 Å². The highest BCUT2D eigenvalue weighted by atomic mass is 16.4. The fraction of sp³-hybridized carbons (Fsp3) is 0.611. The third-order valence-corrected chi connectivity index (χ3v) is 5.18. The van der Waals surface area contributed by atoms with Crippen LogP contribution in [-0.2, 0) is 6.54 Å². The largest absolute Gasteiger partial charge is 0.445 e. The molecule has 24 heavy (non-hydrogen) atoms. The number of fused-ring (bicyclic) bond motifs is 1. The van der Waals surface area contributed by atoms with E-state index in [9.17, 15) is 0 Å². The lowest BCUT2D eigenvalue weighted by Gasteiger charge is -2.22. The zero-order valence-electron chi connectivity index (χ0n) is 14.6. The highest BCUT2D eigenvalue weighted by molar-refractivity contribution is 5.41. The van der Waals surface area contributed by atoms with Gasteiger partial charge in [-0.25, -0.2) is 15.0 Å². The van der Waals surface area contributed by atoms with Crippen LogP contribution in [0.3, 0.4) is 0 Å². The predicted octanol–water partition coefficient (Wildman–Crippen LogP) is 2.46. The van der Waals surface area contributed by atoms with Crippen LogP contribution in [0, 0.1) is 18.8 Å². The van der Waals surface area contributed by atoms with Crippen LogP contribution < -0.4 is 4.90 Å². The molecule has 2 atom stereocenters. The predicted molar refractivity (Wildman–Crippen MR) is 91.8 cm³/mol. The molecule has 2 unspecified atom stereocenters. The van der Waals surface area contributed by atoms with Gasteiger partial charge in [-0.3, -0.25) is 4.90 Å². The zero-order chi connectivity index (χ0) is 16.7. The average Bonchev–Trinajstić information content (AvgIpc) is 3.22. The maximum atomic E-state index is 5.61. The Morgan fingerprint density at radius 2 is 1.88 bits per heavy atom. The summed E-state index contributed by atoms with van der Waals surface area (Å²) in [6.45, 7) is 11.5. The molecule has 2 aliphatic rings. The van der Waals surface area contributed by atoms with Crippen molar-refractivity contribution in [2.24, 2.45) is 11.8 Å². The lowest BCUT2D eigenvalue weighted by molar-refractivity contribution is 0.271. The molecular formula is C18H25N5O. The van der Waals surface area contributed by atoms with Crippen LogP contribution in [0.1, 0.15) is 37.1 Å². The summed E-state index contributed by atoms with van der Waals surface area (Å²) in [5.74, 6) is 4.66. The topological polar surface area (TPSA) is 58.3 Å². The van der Waals surface area contributed by atoms with E-state index >= 15 is 0 Å². The van der Waals surface area contributed by atoms with Crippen molar-refractivity contribution in [1.82, 2.24) is 19.9 Å². The van der Waals surface area contributed by atoms with Crippen molar-refractivity contribution in [3.63, 3.8) is 0 Å². The fourth-order valence-corrected chi connectivity index (χ4v) is 3.92. The standard InChI is InChI=1S/C18H25N5O/c1-12(2)16-4-17(21-11-20-16)23-8-14-6-22(7-15(14)9-23)10-18-19-5-13(3)24-18/h4-5,11-12,14-15H,6-10H2,1-3H3. The Kier molecular flexibility index (Phi) is 4.00. The molecule has 6 heteroatoms. The molecule has 0 N–H and O–H groups in total. The Hall–Kier alpha value is -1.95. The second-order valence-electron chi connectivity index (χ2n) is 7.44. The summed E-state index contributed by atoms with van der Waals surface area (Å²) < 4.78 is 5.61. The quantitative estimate of drug-likeness (QED) is 0.860.